The van der Waals surface area contributed by atoms with Gasteiger partial charge < -0.3 is 9.64 Å². The Balaban J connectivity index is 1.82. The van der Waals surface area contributed by atoms with Gasteiger partial charge in [-0.05, 0) is 19.0 Å². The Labute approximate surface area is 128 Å². The summed E-state index contributed by atoms with van der Waals surface area (Å²) in [6.45, 7) is 5.37. The van der Waals surface area contributed by atoms with Crippen LogP contribution in [0.4, 0.5) is 11.4 Å². The van der Waals surface area contributed by atoms with Crippen LogP contribution in [0.5, 0.6) is 0 Å². The second-order valence-corrected chi connectivity index (χ2v) is 5.52. The van der Waals surface area contributed by atoms with Crippen LogP contribution in [-0.4, -0.2) is 54.6 Å². The van der Waals surface area contributed by atoms with Crippen molar-refractivity contribution in [1.29, 1.82) is 0 Å². The number of morpholine rings is 1. The normalized spacial score (nSPS) is 21.7. The summed E-state index contributed by atoms with van der Waals surface area (Å²) >= 11 is 0. The Morgan fingerprint density at radius 3 is 3.00 bits per heavy atom. The van der Waals surface area contributed by atoms with Gasteiger partial charge in [0.1, 0.15) is 6.10 Å². The zero-order valence-corrected chi connectivity index (χ0v) is 12.5. The zero-order chi connectivity index (χ0) is 15.7. The number of fused-ring (bicyclic) bond motifs is 1. The highest BCUT2D eigenvalue weighted by molar-refractivity contribution is 5.99. The molecule has 1 amide bonds. The molecule has 2 aliphatic heterocycles. The first-order valence-corrected chi connectivity index (χ1v) is 7.53. The maximum absolute atomic E-state index is 12.7. The van der Waals surface area contributed by atoms with Gasteiger partial charge in [-0.1, -0.05) is 13.0 Å². The molecule has 0 aliphatic carbocycles. The molecule has 0 spiro atoms. The van der Waals surface area contributed by atoms with Gasteiger partial charge in [0, 0.05) is 25.7 Å². The Morgan fingerprint density at radius 2 is 2.27 bits per heavy atom. The summed E-state index contributed by atoms with van der Waals surface area (Å²) < 4.78 is 5.61. The Morgan fingerprint density at radius 1 is 1.45 bits per heavy atom. The fourth-order valence-corrected chi connectivity index (χ4v) is 3.13. The lowest BCUT2D eigenvalue weighted by Gasteiger charge is -2.33. The molecule has 0 N–H and O–H groups in total. The number of carbonyl (C=O) groups excluding carboxylic acids is 1. The molecule has 3 rings (SSSR count). The Bertz CT molecular complexity index is 604. The largest absolute Gasteiger partial charge is 0.366 e. The van der Waals surface area contributed by atoms with Crippen molar-refractivity contribution in [3.05, 3.63) is 33.9 Å². The standard InChI is InChI=1S/C15H19N3O4/c1-2-16-8-9-22-14(10-16)15(19)17-7-6-11-12(17)4-3-5-13(11)18(20)21/h3-5,14H,2,6-10H2,1H3/t14-/m0/s1. The molecule has 0 saturated carbocycles. The van der Waals surface area contributed by atoms with Crippen LogP contribution in [0.2, 0.25) is 0 Å². The highest BCUT2D eigenvalue weighted by atomic mass is 16.6. The monoisotopic (exact) mass is 305 g/mol. The third kappa shape index (κ3) is 2.57. The summed E-state index contributed by atoms with van der Waals surface area (Å²) in [5.74, 6) is -0.0996. The van der Waals surface area contributed by atoms with Crippen molar-refractivity contribution in [2.24, 2.45) is 0 Å². The van der Waals surface area contributed by atoms with E-state index in [2.05, 4.69) is 11.8 Å². The molecule has 0 aromatic heterocycles. The highest BCUT2D eigenvalue weighted by Gasteiger charge is 2.35. The summed E-state index contributed by atoms with van der Waals surface area (Å²) in [5.41, 5.74) is 1.38. The Kier molecular flexibility index (Phi) is 4.08. The van der Waals surface area contributed by atoms with E-state index in [4.69, 9.17) is 4.74 Å². The number of nitrogens with zero attached hydrogens (tertiary/aromatic N) is 3. The molecule has 1 fully saturated rings. The van der Waals surface area contributed by atoms with E-state index in [9.17, 15) is 14.9 Å². The van der Waals surface area contributed by atoms with Gasteiger partial charge in [-0.2, -0.15) is 0 Å². The summed E-state index contributed by atoms with van der Waals surface area (Å²) in [5, 5.41) is 11.1. The van der Waals surface area contributed by atoms with Crippen LogP contribution in [0.1, 0.15) is 12.5 Å². The molecule has 22 heavy (non-hydrogen) atoms. The number of rotatable bonds is 3. The van der Waals surface area contributed by atoms with E-state index in [1.54, 1.807) is 17.0 Å². The number of carbonyl (C=O) groups is 1. The van der Waals surface area contributed by atoms with E-state index in [1.807, 2.05) is 0 Å². The highest BCUT2D eigenvalue weighted by Crippen LogP contribution is 2.35. The van der Waals surface area contributed by atoms with Gasteiger partial charge in [0.15, 0.2) is 0 Å². The van der Waals surface area contributed by atoms with Crippen LogP contribution >= 0.6 is 0 Å². The molecule has 118 valence electrons. The average Bonchev–Trinajstić information content (AvgIpc) is 2.97. The molecule has 7 heteroatoms. The predicted octanol–water partition coefficient (Wildman–Crippen LogP) is 1.20. The van der Waals surface area contributed by atoms with E-state index < -0.39 is 6.10 Å². The number of likely N-dealkylation sites (N-methyl/N-ethyl adjacent to an activating group) is 1. The third-order valence-corrected chi connectivity index (χ3v) is 4.34. The van der Waals surface area contributed by atoms with Crippen molar-refractivity contribution in [1.82, 2.24) is 4.90 Å². The summed E-state index contributed by atoms with van der Waals surface area (Å²) in [6, 6.07) is 4.89. The molecule has 1 saturated heterocycles. The number of amides is 1. The number of benzene rings is 1. The predicted molar refractivity (Wildman–Crippen MR) is 81.0 cm³/mol. The molecule has 2 heterocycles. The average molecular weight is 305 g/mol. The minimum Gasteiger partial charge on any atom is -0.366 e. The molecular formula is C15H19N3O4. The maximum atomic E-state index is 12.7. The molecule has 7 nitrogen and oxygen atoms in total. The third-order valence-electron chi connectivity index (χ3n) is 4.34. The number of nitro benzene ring substituents is 1. The first-order chi connectivity index (χ1) is 10.6. The van der Waals surface area contributed by atoms with E-state index in [0.717, 1.165) is 13.1 Å². The quantitative estimate of drug-likeness (QED) is 0.619. The first-order valence-electron chi connectivity index (χ1n) is 7.53. The number of nitro groups is 1. The topological polar surface area (TPSA) is 75.9 Å². The van der Waals surface area contributed by atoms with Crippen molar-refractivity contribution < 1.29 is 14.5 Å². The summed E-state index contributed by atoms with van der Waals surface area (Å²) in [7, 11) is 0. The number of anilines is 1. The lowest BCUT2D eigenvalue weighted by Crippen LogP contribution is -2.50. The van der Waals surface area contributed by atoms with Crippen molar-refractivity contribution in [3.63, 3.8) is 0 Å². The van der Waals surface area contributed by atoms with Crippen molar-refractivity contribution in [2.45, 2.75) is 19.4 Å². The minimum absolute atomic E-state index is 0.0903. The zero-order valence-electron chi connectivity index (χ0n) is 12.5. The second-order valence-electron chi connectivity index (χ2n) is 5.52. The van der Waals surface area contributed by atoms with Gasteiger partial charge >= 0.3 is 0 Å². The van der Waals surface area contributed by atoms with Gasteiger partial charge in [-0.25, -0.2) is 0 Å². The molecule has 0 bridgehead atoms. The van der Waals surface area contributed by atoms with E-state index in [0.29, 0.717) is 37.4 Å². The maximum Gasteiger partial charge on any atom is 0.274 e. The van der Waals surface area contributed by atoms with Crippen LogP contribution in [0.15, 0.2) is 18.2 Å². The smallest absolute Gasteiger partial charge is 0.274 e. The van der Waals surface area contributed by atoms with Crippen LogP contribution in [0.25, 0.3) is 0 Å². The SMILES string of the molecule is CCN1CCO[C@H](C(=O)N2CCc3c2cccc3[N+](=O)[O-])C1. The molecular weight excluding hydrogens is 286 g/mol. The molecule has 0 radical (unpaired) electrons. The summed E-state index contributed by atoms with van der Waals surface area (Å²) in [4.78, 5) is 27.2. The van der Waals surface area contributed by atoms with Crippen LogP contribution in [0, 0.1) is 10.1 Å². The van der Waals surface area contributed by atoms with Gasteiger partial charge in [0.05, 0.1) is 22.8 Å². The lowest BCUT2D eigenvalue weighted by molar-refractivity contribution is -0.385. The molecule has 2 aliphatic rings. The van der Waals surface area contributed by atoms with Crippen LogP contribution < -0.4 is 4.90 Å². The van der Waals surface area contributed by atoms with Crippen molar-refractivity contribution >= 4 is 17.3 Å². The summed E-state index contributed by atoms with van der Waals surface area (Å²) in [6.07, 6.45) is 0.0292. The number of hydrogen-bond acceptors (Lipinski definition) is 5. The molecule has 1 aromatic rings. The van der Waals surface area contributed by atoms with Crippen molar-refractivity contribution in [2.75, 3.05) is 37.7 Å². The Hall–Kier alpha value is -1.99. The molecule has 0 unspecified atom stereocenters. The van der Waals surface area contributed by atoms with Gasteiger partial charge in [0.25, 0.3) is 11.6 Å². The van der Waals surface area contributed by atoms with Gasteiger partial charge in [-0.3, -0.25) is 19.8 Å². The number of ether oxygens (including phenoxy) is 1. The second kappa shape index (κ2) is 6.02. The fourth-order valence-electron chi connectivity index (χ4n) is 3.13. The van der Waals surface area contributed by atoms with Gasteiger partial charge in [-0.15, -0.1) is 0 Å². The van der Waals surface area contributed by atoms with Gasteiger partial charge in [0.2, 0.25) is 0 Å². The molecule has 1 atom stereocenters. The first kappa shape index (κ1) is 14.9. The minimum atomic E-state index is -0.487. The van der Waals surface area contributed by atoms with Crippen LogP contribution in [-0.2, 0) is 16.0 Å². The van der Waals surface area contributed by atoms with E-state index in [1.165, 1.54) is 6.07 Å². The lowest BCUT2D eigenvalue weighted by atomic mass is 10.1. The van der Waals surface area contributed by atoms with E-state index >= 15 is 0 Å². The number of hydrogen-bond donors (Lipinski definition) is 0. The fraction of sp³-hybridized carbons (Fsp3) is 0.533. The van der Waals surface area contributed by atoms with Crippen LogP contribution in [0.3, 0.4) is 0 Å². The van der Waals surface area contributed by atoms with E-state index in [-0.39, 0.29) is 16.5 Å². The molecule has 1 aromatic carbocycles. The van der Waals surface area contributed by atoms with Crippen molar-refractivity contribution in [3.8, 4) is 0 Å².